The topological polar surface area (TPSA) is 60.0 Å². The molecule has 0 saturated carbocycles. The summed E-state index contributed by atoms with van der Waals surface area (Å²) in [6.45, 7) is 9.15. The molecule has 1 atom stereocenters. The fraction of sp³-hybridized carbons (Fsp3) is 0.591. The van der Waals surface area contributed by atoms with Crippen LogP contribution in [0.2, 0.25) is 0 Å². The van der Waals surface area contributed by atoms with Gasteiger partial charge in [0.1, 0.15) is 0 Å². The third-order valence-corrected chi connectivity index (χ3v) is 6.58. The number of rotatable bonds is 9. The van der Waals surface area contributed by atoms with Gasteiger partial charge < -0.3 is 19.5 Å². The average molecular weight is 421 g/mol. The highest BCUT2D eigenvalue weighted by Gasteiger charge is 2.40. The van der Waals surface area contributed by atoms with Crippen LogP contribution >= 0.6 is 11.8 Å². The first-order valence-electron chi connectivity index (χ1n) is 10.4. The van der Waals surface area contributed by atoms with Crippen molar-refractivity contribution in [3.8, 4) is 11.5 Å². The maximum absolute atomic E-state index is 12.5. The van der Waals surface area contributed by atoms with Crippen molar-refractivity contribution in [2.75, 3.05) is 57.6 Å². The average Bonchev–Trinajstić information content (AvgIpc) is 3.24. The first-order chi connectivity index (χ1) is 14.2. The molecule has 160 valence electrons. The zero-order chi connectivity index (χ0) is 20.5. The van der Waals surface area contributed by atoms with E-state index in [1.807, 2.05) is 49.9 Å². The zero-order valence-corrected chi connectivity index (χ0v) is 18.3. The van der Waals surface area contributed by atoms with E-state index in [-0.39, 0.29) is 11.4 Å². The monoisotopic (exact) mass is 420 g/mol. The lowest BCUT2D eigenvalue weighted by atomic mass is 9.95. The van der Waals surface area contributed by atoms with Crippen LogP contribution in [0.4, 0.5) is 0 Å². The molecule has 0 aromatic heterocycles. The van der Waals surface area contributed by atoms with Crippen molar-refractivity contribution in [1.82, 2.24) is 10.2 Å². The van der Waals surface area contributed by atoms with Crippen molar-refractivity contribution in [3.05, 3.63) is 29.8 Å². The summed E-state index contributed by atoms with van der Waals surface area (Å²) in [6.07, 6.45) is 4.52. The van der Waals surface area contributed by atoms with E-state index < -0.39 is 0 Å². The maximum atomic E-state index is 12.5. The number of nitrogens with zero attached hydrogens (tertiary/aromatic N) is 1. The quantitative estimate of drug-likeness (QED) is 0.620. The molecule has 0 radical (unpaired) electrons. The molecule has 1 aromatic carbocycles. The molecule has 0 aliphatic carbocycles. The van der Waals surface area contributed by atoms with E-state index in [1.165, 1.54) is 0 Å². The molecule has 29 heavy (non-hydrogen) atoms. The molecule has 7 heteroatoms. The first kappa shape index (κ1) is 22.0. The maximum Gasteiger partial charge on any atom is 0.244 e. The lowest BCUT2D eigenvalue weighted by Crippen LogP contribution is -2.59. The molecule has 1 amide bonds. The minimum atomic E-state index is -0.0682. The van der Waals surface area contributed by atoms with Gasteiger partial charge in [0.15, 0.2) is 11.5 Å². The summed E-state index contributed by atoms with van der Waals surface area (Å²) in [5.41, 5.74) is 0.963. The predicted molar refractivity (Wildman–Crippen MR) is 118 cm³/mol. The van der Waals surface area contributed by atoms with Crippen molar-refractivity contribution >= 4 is 23.7 Å². The molecule has 2 aliphatic rings. The summed E-state index contributed by atoms with van der Waals surface area (Å²) in [7, 11) is 0. The second kappa shape index (κ2) is 10.9. The Morgan fingerprint density at radius 1 is 1.24 bits per heavy atom. The Balaban J connectivity index is 1.59. The van der Waals surface area contributed by atoms with E-state index in [0.717, 1.165) is 55.5 Å². The van der Waals surface area contributed by atoms with Gasteiger partial charge in [-0.2, -0.15) is 11.8 Å². The zero-order valence-electron chi connectivity index (χ0n) is 17.4. The number of carbonyl (C=O) groups excluding carboxylic acids is 1. The highest BCUT2D eigenvalue weighted by molar-refractivity contribution is 7.99. The fourth-order valence-corrected chi connectivity index (χ4v) is 5.27. The first-order valence-corrected chi connectivity index (χ1v) is 11.6. The highest BCUT2D eigenvalue weighted by Crippen LogP contribution is 2.33. The Kier molecular flexibility index (Phi) is 8.27. The van der Waals surface area contributed by atoms with Gasteiger partial charge in [-0.3, -0.25) is 9.69 Å². The molecule has 6 nitrogen and oxygen atoms in total. The summed E-state index contributed by atoms with van der Waals surface area (Å²) in [6, 6.07) is 5.72. The molecule has 2 saturated heterocycles. The van der Waals surface area contributed by atoms with Crippen LogP contribution in [0, 0.1) is 0 Å². The smallest absolute Gasteiger partial charge is 0.244 e. The van der Waals surface area contributed by atoms with Gasteiger partial charge in [-0.25, -0.2) is 0 Å². The van der Waals surface area contributed by atoms with Gasteiger partial charge in [0.2, 0.25) is 5.91 Å². The van der Waals surface area contributed by atoms with E-state index >= 15 is 0 Å². The number of hydrogen-bond acceptors (Lipinski definition) is 6. The Morgan fingerprint density at radius 3 is 2.69 bits per heavy atom. The van der Waals surface area contributed by atoms with Gasteiger partial charge in [0.05, 0.1) is 26.4 Å². The number of carbonyl (C=O) groups is 1. The number of ether oxygens (including phenoxy) is 3. The normalized spacial score (nSPS) is 22.7. The van der Waals surface area contributed by atoms with Crippen LogP contribution in [0.1, 0.15) is 25.8 Å². The molecule has 1 N–H and O–H groups in total. The SMILES string of the molecule is CCOc1ccc(C=CC(=O)NCC2(N3CCOCC3)CCSC2)cc1OCC. The highest BCUT2D eigenvalue weighted by atomic mass is 32.2. The van der Waals surface area contributed by atoms with Gasteiger partial charge in [-0.05, 0) is 49.8 Å². The lowest BCUT2D eigenvalue weighted by molar-refractivity contribution is -0.117. The van der Waals surface area contributed by atoms with Gasteiger partial charge in [-0.1, -0.05) is 6.07 Å². The van der Waals surface area contributed by atoms with E-state index in [1.54, 1.807) is 6.08 Å². The van der Waals surface area contributed by atoms with Gasteiger partial charge in [0, 0.05) is 37.0 Å². The summed E-state index contributed by atoms with van der Waals surface area (Å²) in [5, 5.41) is 3.13. The molecule has 0 spiro atoms. The van der Waals surface area contributed by atoms with Gasteiger partial charge in [-0.15, -0.1) is 0 Å². The Bertz CT molecular complexity index is 698. The second-order valence-corrected chi connectivity index (χ2v) is 8.35. The van der Waals surface area contributed by atoms with Crippen LogP contribution in [-0.4, -0.2) is 73.9 Å². The number of hydrogen-bond donors (Lipinski definition) is 1. The predicted octanol–water partition coefficient (Wildman–Crippen LogP) is 2.82. The van der Waals surface area contributed by atoms with Crippen LogP contribution in [-0.2, 0) is 9.53 Å². The number of thioether (sulfide) groups is 1. The Hall–Kier alpha value is -1.70. The van der Waals surface area contributed by atoms with Gasteiger partial charge in [0.25, 0.3) is 0 Å². The molecular weight excluding hydrogens is 388 g/mol. The summed E-state index contributed by atoms with van der Waals surface area (Å²) >= 11 is 1.97. The van der Waals surface area contributed by atoms with Crippen molar-refractivity contribution in [2.45, 2.75) is 25.8 Å². The standard InChI is InChI=1S/C22H32N2O4S/c1-3-27-19-7-5-18(15-20(19)28-4-2)6-8-21(25)23-16-22(9-14-29-17-22)24-10-12-26-13-11-24/h5-8,15H,3-4,9-14,16-17H2,1-2H3,(H,23,25). The van der Waals surface area contributed by atoms with Crippen LogP contribution < -0.4 is 14.8 Å². The summed E-state index contributed by atoms with van der Waals surface area (Å²) in [4.78, 5) is 15.0. The minimum Gasteiger partial charge on any atom is -0.490 e. The van der Waals surface area contributed by atoms with Crippen LogP contribution in [0.15, 0.2) is 24.3 Å². The van der Waals surface area contributed by atoms with E-state index in [2.05, 4.69) is 10.2 Å². The van der Waals surface area contributed by atoms with Gasteiger partial charge >= 0.3 is 0 Å². The largest absolute Gasteiger partial charge is 0.490 e. The Labute approximate surface area is 178 Å². The van der Waals surface area contributed by atoms with Crippen molar-refractivity contribution in [1.29, 1.82) is 0 Å². The van der Waals surface area contributed by atoms with Crippen molar-refractivity contribution < 1.29 is 19.0 Å². The van der Waals surface area contributed by atoms with E-state index in [9.17, 15) is 4.79 Å². The molecule has 3 rings (SSSR count). The third-order valence-electron chi connectivity index (χ3n) is 5.35. The number of nitrogens with one attached hydrogen (secondary N) is 1. The van der Waals surface area contributed by atoms with Crippen molar-refractivity contribution in [3.63, 3.8) is 0 Å². The second-order valence-electron chi connectivity index (χ2n) is 7.25. The number of morpholine rings is 1. The Morgan fingerprint density at radius 2 is 2.00 bits per heavy atom. The molecule has 0 bridgehead atoms. The van der Waals surface area contributed by atoms with Crippen LogP contribution in [0.3, 0.4) is 0 Å². The van der Waals surface area contributed by atoms with Crippen LogP contribution in [0.5, 0.6) is 11.5 Å². The fourth-order valence-electron chi connectivity index (χ4n) is 3.79. The van der Waals surface area contributed by atoms with E-state index in [0.29, 0.717) is 25.5 Å². The molecule has 1 aromatic rings. The van der Waals surface area contributed by atoms with Crippen LogP contribution in [0.25, 0.3) is 6.08 Å². The third kappa shape index (κ3) is 5.90. The number of benzene rings is 1. The molecule has 2 fully saturated rings. The van der Waals surface area contributed by atoms with Crippen molar-refractivity contribution in [2.24, 2.45) is 0 Å². The lowest BCUT2D eigenvalue weighted by Gasteiger charge is -2.42. The summed E-state index contributed by atoms with van der Waals surface area (Å²) < 4.78 is 16.7. The molecule has 2 heterocycles. The van der Waals surface area contributed by atoms with E-state index in [4.69, 9.17) is 14.2 Å². The molecule has 2 aliphatic heterocycles. The number of amides is 1. The minimum absolute atomic E-state index is 0.0548. The molecular formula is C22H32N2O4S. The molecule has 1 unspecified atom stereocenters. The summed E-state index contributed by atoms with van der Waals surface area (Å²) in [5.74, 6) is 3.57.